The van der Waals surface area contributed by atoms with E-state index in [9.17, 15) is 24.8 Å². The predicted molar refractivity (Wildman–Crippen MR) is 115 cm³/mol. The van der Waals surface area contributed by atoms with E-state index in [2.05, 4.69) is 4.98 Å². The van der Waals surface area contributed by atoms with Crippen molar-refractivity contribution in [2.75, 3.05) is 0 Å². The van der Waals surface area contributed by atoms with Crippen LogP contribution >= 0.6 is 0 Å². The maximum atomic E-state index is 13.1. The van der Waals surface area contributed by atoms with Gasteiger partial charge in [0.1, 0.15) is 5.76 Å². The molecule has 1 unspecified atom stereocenters. The number of pyridine rings is 1. The number of carbonyl (C=O) groups excluding carboxylic acids is 2. The number of carbonyl (C=O) groups is 2. The van der Waals surface area contributed by atoms with Crippen molar-refractivity contribution in [3.8, 4) is 0 Å². The highest BCUT2D eigenvalue weighted by molar-refractivity contribution is 6.46. The van der Waals surface area contributed by atoms with Gasteiger partial charge in [0, 0.05) is 23.3 Å². The number of likely N-dealkylation sites (tertiary alicyclic amines) is 1. The van der Waals surface area contributed by atoms with Crippen molar-refractivity contribution in [2.45, 2.75) is 19.5 Å². The molecule has 1 amide bonds. The van der Waals surface area contributed by atoms with Gasteiger partial charge in [-0.2, -0.15) is 0 Å². The van der Waals surface area contributed by atoms with Crippen LogP contribution in [0.5, 0.6) is 0 Å². The number of H-pyrrole nitrogens is 1. The molecule has 1 fully saturated rings. The number of hydrogen-bond acceptors (Lipinski definition) is 5. The number of nitrogens with one attached hydrogen (secondary N) is 1. The molecule has 0 spiro atoms. The lowest BCUT2D eigenvalue weighted by molar-refractivity contribution is -0.385. The minimum Gasteiger partial charge on any atom is -0.507 e. The van der Waals surface area contributed by atoms with Crippen molar-refractivity contribution in [1.82, 2.24) is 4.90 Å². The fourth-order valence-corrected chi connectivity index (χ4v) is 3.84. The van der Waals surface area contributed by atoms with Crippen LogP contribution in [0.25, 0.3) is 5.76 Å². The molecule has 1 saturated heterocycles. The third-order valence-electron chi connectivity index (χ3n) is 5.42. The highest BCUT2D eigenvalue weighted by Crippen LogP contribution is 2.43. The molecular weight excluding hydrogens is 410 g/mol. The second-order valence-corrected chi connectivity index (χ2v) is 7.52. The summed E-state index contributed by atoms with van der Waals surface area (Å²) in [6.45, 7) is 1.91. The van der Waals surface area contributed by atoms with Crippen molar-refractivity contribution < 1.29 is 24.6 Å². The Morgan fingerprint density at radius 2 is 1.81 bits per heavy atom. The van der Waals surface area contributed by atoms with E-state index in [-0.39, 0.29) is 29.1 Å². The summed E-state index contributed by atoms with van der Waals surface area (Å²) in [6.07, 6.45) is 3.38. The summed E-state index contributed by atoms with van der Waals surface area (Å²) in [5.41, 5.74) is 1.76. The molecule has 2 aromatic carbocycles. The molecule has 1 aromatic heterocycles. The molecule has 2 N–H and O–H groups in total. The van der Waals surface area contributed by atoms with Crippen LogP contribution in [0, 0.1) is 17.0 Å². The van der Waals surface area contributed by atoms with Crippen LogP contribution < -0.4 is 4.98 Å². The number of aromatic amines is 1. The zero-order valence-electron chi connectivity index (χ0n) is 17.2. The van der Waals surface area contributed by atoms with Gasteiger partial charge in [-0.25, -0.2) is 4.98 Å². The van der Waals surface area contributed by atoms with Crippen molar-refractivity contribution in [2.24, 2.45) is 0 Å². The van der Waals surface area contributed by atoms with Gasteiger partial charge in [0.15, 0.2) is 12.4 Å². The van der Waals surface area contributed by atoms with Crippen LogP contribution in [0.1, 0.15) is 28.3 Å². The van der Waals surface area contributed by atoms with E-state index in [0.717, 1.165) is 5.56 Å². The molecular formula is C24H20N3O5+. The van der Waals surface area contributed by atoms with Crippen LogP contribution in [0.3, 0.4) is 0 Å². The van der Waals surface area contributed by atoms with E-state index in [1.807, 2.05) is 6.92 Å². The van der Waals surface area contributed by atoms with Gasteiger partial charge < -0.3 is 10.0 Å². The first-order chi connectivity index (χ1) is 15.4. The molecule has 0 radical (unpaired) electrons. The Bertz CT molecular complexity index is 1240. The molecule has 1 atom stereocenters. The summed E-state index contributed by atoms with van der Waals surface area (Å²) >= 11 is 0. The molecule has 8 heteroatoms. The molecule has 1 aliphatic heterocycles. The summed E-state index contributed by atoms with van der Waals surface area (Å²) in [6, 6.07) is 15.2. The van der Waals surface area contributed by atoms with Gasteiger partial charge in [0.25, 0.3) is 17.4 Å². The zero-order valence-corrected chi connectivity index (χ0v) is 17.2. The Balaban J connectivity index is 1.93. The van der Waals surface area contributed by atoms with Crippen LogP contribution in [0.2, 0.25) is 0 Å². The van der Waals surface area contributed by atoms with E-state index >= 15 is 0 Å². The SMILES string of the molecule is Cc1ccc(C(O)=C2C(=O)C(=O)N(Cc3ccc[nH+]c3)C2c2ccccc2[N+](=O)[O-])cc1. The van der Waals surface area contributed by atoms with E-state index in [0.29, 0.717) is 11.1 Å². The van der Waals surface area contributed by atoms with Gasteiger partial charge in [-0.3, -0.25) is 19.7 Å². The van der Waals surface area contributed by atoms with Gasteiger partial charge in [-0.15, -0.1) is 0 Å². The van der Waals surface area contributed by atoms with Crippen LogP contribution in [-0.2, 0) is 16.1 Å². The number of hydrogen-bond donors (Lipinski definition) is 1. The van der Waals surface area contributed by atoms with Gasteiger partial charge in [0.2, 0.25) is 0 Å². The molecule has 32 heavy (non-hydrogen) atoms. The van der Waals surface area contributed by atoms with E-state index in [4.69, 9.17) is 0 Å². The number of nitrogens with zero attached hydrogens (tertiary/aromatic N) is 2. The summed E-state index contributed by atoms with van der Waals surface area (Å²) in [5, 5.41) is 22.8. The molecule has 2 heterocycles. The third-order valence-corrected chi connectivity index (χ3v) is 5.42. The number of benzene rings is 2. The first-order valence-electron chi connectivity index (χ1n) is 9.92. The van der Waals surface area contributed by atoms with E-state index in [1.165, 1.54) is 23.1 Å². The normalized spacial score (nSPS) is 17.5. The maximum Gasteiger partial charge on any atom is 0.295 e. The number of aryl methyl sites for hydroxylation is 1. The number of nitro benzene ring substituents is 1. The maximum absolute atomic E-state index is 13.1. The first kappa shape index (κ1) is 20.9. The Labute approximate surface area is 183 Å². The molecule has 0 bridgehead atoms. The Hall–Kier alpha value is -4.33. The highest BCUT2D eigenvalue weighted by atomic mass is 16.6. The second-order valence-electron chi connectivity index (χ2n) is 7.52. The number of nitro groups is 1. The fourth-order valence-electron chi connectivity index (χ4n) is 3.84. The first-order valence-corrected chi connectivity index (χ1v) is 9.92. The van der Waals surface area contributed by atoms with Crippen LogP contribution in [0.4, 0.5) is 5.69 Å². The summed E-state index contributed by atoms with van der Waals surface area (Å²) < 4.78 is 0. The lowest BCUT2D eigenvalue weighted by Gasteiger charge is -2.24. The van der Waals surface area contributed by atoms with E-state index in [1.54, 1.807) is 54.9 Å². The van der Waals surface area contributed by atoms with E-state index < -0.39 is 22.7 Å². The predicted octanol–water partition coefficient (Wildman–Crippen LogP) is 3.34. The summed E-state index contributed by atoms with van der Waals surface area (Å²) in [7, 11) is 0. The molecule has 1 aliphatic rings. The highest BCUT2D eigenvalue weighted by Gasteiger charge is 2.48. The van der Waals surface area contributed by atoms with Crippen LogP contribution in [-0.4, -0.2) is 26.6 Å². The largest absolute Gasteiger partial charge is 0.507 e. The monoisotopic (exact) mass is 430 g/mol. The number of aliphatic hydroxyl groups excluding tert-OH is 1. The molecule has 8 nitrogen and oxygen atoms in total. The average molecular weight is 430 g/mol. The quantitative estimate of drug-likeness (QED) is 0.219. The van der Waals surface area contributed by atoms with Crippen molar-refractivity contribution >= 4 is 23.1 Å². The molecule has 160 valence electrons. The molecule has 0 saturated carbocycles. The smallest absolute Gasteiger partial charge is 0.295 e. The van der Waals surface area contributed by atoms with Crippen LogP contribution in [0.15, 0.2) is 78.6 Å². The van der Waals surface area contributed by atoms with Gasteiger partial charge >= 0.3 is 0 Å². The Morgan fingerprint density at radius 3 is 2.47 bits per heavy atom. The third kappa shape index (κ3) is 3.74. The van der Waals surface area contributed by atoms with Crippen molar-refractivity contribution in [1.29, 1.82) is 0 Å². The van der Waals surface area contributed by atoms with Gasteiger partial charge in [-0.05, 0) is 19.1 Å². The summed E-state index contributed by atoms with van der Waals surface area (Å²) in [5.74, 6) is -2.08. The zero-order chi connectivity index (χ0) is 22.8. The van der Waals surface area contributed by atoms with Gasteiger partial charge in [-0.1, -0.05) is 42.0 Å². The average Bonchev–Trinajstić information content (AvgIpc) is 3.04. The second kappa shape index (κ2) is 8.43. The van der Waals surface area contributed by atoms with Crippen molar-refractivity contribution in [3.63, 3.8) is 0 Å². The molecule has 3 aromatic rings. The molecule has 4 rings (SSSR count). The fraction of sp³-hybridized carbons (Fsp3) is 0.125. The summed E-state index contributed by atoms with van der Waals surface area (Å²) in [4.78, 5) is 41.4. The Kier molecular flexibility index (Phi) is 5.51. The number of aromatic nitrogens is 1. The number of Topliss-reactive ketones (excluding diaryl/α,β-unsaturated/α-hetero) is 1. The number of ketones is 1. The number of rotatable bonds is 5. The number of para-hydroxylation sites is 1. The van der Waals surface area contributed by atoms with Gasteiger partial charge in [0.05, 0.1) is 28.6 Å². The minimum atomic E-state index is -1.11. The standard InChI is InChI=1S/C24H19N3O5/c1-15-8-10-17(11-9-15)22(28)20-21(18-6-2-3-7-19(18)27(31)32)26(24(30)23(20)29)14-16-5-4-12-25-13-16/h2-13,21,28H,14H2,1H3/p+1. The molecule has 0 aliphatic carbocycles. The number of aliphatic hydroxyl groups is 1. The minimum absolute atomic E-state index is 0.0311. The number of amides is 1. The van der Waals surface area contributed by atoms with Crippen molar-refractivity contribution in [3.05, 3.63) is 111 Å². The topological polar surface area (TPSA) is 115 Å². The lowest BCUT2D eigenvalue weighted by Crippen LogP contribution is -2.30. The Morgan fingerprint density at radius 1 is 1.09 bits per heavy atom. The lowest BCUT2D eigenvalue weighted by atomic mass is 9.94.